The fraction of sp³-hybridized carbons (Fsp3) is 0.300. The molecule has 0 heterocycles. The summed E-state index contributed by atoms with van der Waals surface area (Å²) in [4.78, 5) is 26.1. The Kier molecular flexibility index (Phi) is 7.07. The Balaban J connectivity index is 2.24. The Morgan fingerprint density at radius 2 is 1.89 bits per heavy atom. The maximum Gasteiger partial charge on any atom is 0.244 e. The fourth-order valence-corrected chi connectivity index (χ4v) is 2.74. The van der Waals surface area contributed by atoms with Crippen molar-refractivity contribution in [2.45, 2.75) is 20.8 Å². The van der Waals surface area contributed by atoms with Crippen molar-refractivity contribution in [1.82, 2.24) is 0 Å². The third-order valence-electron chi connectivity index (χ3n) is 3.89. The first-order valence-electron chi connectivity index (χ1n) is 8.51. The molecule has 0 saturated carbocycles. The molecule has 1 N–H and O–H groups in total. The summed E-state index contributed by atoms with van der Waals surface area (Å²) in [5, 5.41) is 3.32. The van der Waals surface area contributed by atoms with Crippen LogP contribution in [0.4, 0.5) is 11.4 Å². The Bertz CT molecular complexity index is 839. The minimum Gasteiger partial charge on any atom is -0.495 e. The van der Waals surface area contributed by atoms with E-state index in [1.807, 2.05) is 19.9 Å². The van der Waals surface area contributed by atoms with E-state index < -0.39 is 0 Å². The number of hydrogen-bond acceptors (Lipinski definition) is 4. The SMILES string of the molecule is CCOc1ccccc1N(CC(=O)Nc1cc(C)c(Cl)cc1OC)C(C)=O. The van der Waals surface area contributed by atoms with Gasteiger partial charge in [0.05, 0.1) is 25.1 Å². The van der Waals surface area contributed by atoms with Gasteiger partial charge >= 0.3 is 0 Å². The van der Waals surface area contributed by atoms with Gasteiger partial charge in [-0.2, -0.15) is 0 Å². The molecule has 7 heteroatoms. The number of rotatable bonds is 7. The molecular weight excluding hydrogens is 368 g/mol. The number of halogens is 1. The summed E-state index contributed by atoms with van der Waals surface area (Å²) in [7, 11) is 1.50. The third kappa shape index (κ3) is 5.14. The van der Waals surface area contributed by atoms with Crippen LogP contribution in [0.5, 0.6) is 11.5 Å². The molecule has 0 fully saturated rings. The van der Waals surface area contributed by atoms with Gasteiger partial charge in [-0.25, -0.2) is 0 Å². The number of methoxy groups -OCH3 is 1. The van der Waals surface area contributed by atoms with Crippen LogP contribution in [0.15, 0.2) is 36.4 Å². The zero-order valence-electron chi connectivity index (χ0n) is 15.8. The number of para-hydroxylation sites is 2. The number of ether oxygens (including phenoxy) is 2. The molecule has 0 aromatic heterocycles. The Morgan fingerprint density at radius 3 is 2.52 bits per heavy atom. The van der Waals surface area contributed by atoms with E-state index in [4.69, 9.17) is 21.1 Å². The first-order valence-corrected chi connectivity index (χ1v) is 8.89. The van der Waals surface area contributed by atoms with Crippen LogP contribution in [0.25, 0.3) is 0 Å². The van der Waals surface area contributed by atoms with E-state index in [1.54, 1.807) is 30.3 Å². The number of aryl methyl sites for hydroxylation is 1. The van der Waals surface area contributed by atoms with Gasteiger partial charge in [0, 0.05) is 18.0 Å². The molecule has 0 bridgehead atoms. The zero-order valence-corrected chi connectivity index (χ0v) is 16.6. The maximum atomic E-state index is 12.6. The number of carbonyl (C=O) groups excluding carboxylic acids is 2. The smallest absolute Gasteiger partial charge is 0.244 e. The van der Waals surface area contributed by atoms with Crippen molar-refractivity contribution < 1.29 is 19.1 Å². The van der Waals surface area contributed by atoms with Crippen LogP contribution < -0.4 is 19.7 Å². The van der Waals surface area contributed by atoms with Gasteiger partial charge in [0.1, 0.15) is 18.0 Å². The molecule has 0 radical (unpaired) electrons. The van der Waals surface area contributed by atoms with E-state index in [9.17, 15) is 9.59 Å². The molecule has 0 aliphatic heterocycles. The lowest BCUT2D eigenvalue weighted by Gasteiger charge is -2.23. The Hall–Kier alpha value is -2.73. The first kappa shape index (κ1) is 20.6. The predicted molar refractivity (Wildman–Crippen MR) is 107 cm³/mol. The third-order valence-corrected chi connectivity index (χ3v) is 4.30. The normalized spacial score (nSPS) is 10.3. The van der Waals surface area contributed by atoms with Gasteiger partial charge in [0.2, 0.25) is 11.8 Å². The predicted octanol–water partition coefficient (Wildman–Crippen LogP) is 4.05. The van der Waals surface area contributed by atoms with Crippen LogP contribution in [0.2, 0.25) is 5.02 Å². The first-order chi connectivity index (χ1) is 12.9. The monoisotopic (exact) mass is 390 g/mol. The average molecular weight is 391 g/mol. The van der Waals surface area contributed by atoms with Gasteiger partial charge in [-0.3, -0.25) is 14.5 Å². The summed E-state index contributed by atoms with van der Waals surface area (Å²) in [6, 6.07) is 10.5. The Morgan fingerprint density at radius 1 is 1.19 bits per heavy atom. The van der Waals surface area contributed by atoms with Crippen LogP contribution in [0.1, 0.15) is 19.4 Å². The molecule has 0 unspecified atom stereocenters. The van der Waals surface area contributed by atoms with Gasteiger partial charge in [-0.05, 0) is 37.6 Å². The van der Waals surface area contributed by atoms with Gasteiger partial charge in [0.25, 0.3) is 0 Å². The molecule has 2 rings (SSSR count). The number of nitrogens with one attached hydrogen (secondary N) is 1. The van der Waals surface area contributed by atoms with Gasteiger partial charge in [-0.15, -0.1) is 0 Å². The minimum atomic E-state index is -0.364. The van der Waals surface area contributed by atoms with Crippen molar-refractivity contribution in [2.24, 2.45) is 0 Å². The highest BCUT2D eigenvalue weighted by Crippen LogP contribution is 2.31. The quantitative estimate of drug-likeness (QED) is 0.774. The fourth-order valence-electron chi connectivity index (χ4n) is 2.59. The van der Waals surface area contributed by atoms with Gasteiger partial charge in [-0.1, -0.05) is 23.7 Å². The summed E-state index contributed by atoms with van der Waals surface area (Å²) in [5.74, 6) is 0.360. The summed E-state index contributed by atoms with van der Waals surface area (Å²) in [6.45, 7) is 5.39. The minimum absolute atomic E-state index is 0.162. The summed E-state index contributed by atoms with van der Waals surface area (Å²) in [6.07, 6.45) is 0. The number of nitrogens with zero attached hydrogens (tertiary/aromatic N) is 1. The lowest BCUT2D eigenvalue weighted by atomic mass is 10.2. The van der Waals surface area contributed by atoms with Crippen molar-refractivity contribution in [3.63, 3.8) is 0 Å². The molecule has 144 valence electrons. The molecule has 2 amide bonds. The highest BCUT2D eigenvalue weighted by atomic mass is 35.5. The molecule has 27 heavy (non-hydrogen) atoms. The number of hydrogen-bond donors (Lipinski definition) is 1. The van der Waals surface area contributed by atoms with Crippen LogP contribution in [0, 0.1) is 6.92 Å². The number of anilines is 2. The molecule has 2 aromatic carbocycles. The zero-order chi connectivity index (χ0) is 20.0. The number of amides is 2. The lowest BCUT2D eigenvalue weighted by Crippen LogP contribution is -2.37. The molecule has 0 saturated heterocycles. The molecular formula is C20H23ClN2O4. The van der Waals surface area contributed by atoms with Crippen LogP contribution in [0.3, 0.4) is 0 Å². The summed E-state index contributed by atoms with van der Waals surface area (Å²) >= 11 is 6.09. The van der Waals surface area contributed by atoms with E-state index in [0.29, 0.717) is 34.5 Å². The second-order valence-corrected chi connectivity index (χ2v) is 6.26. The van der Waals surface area contributed by atoms with Crippen LogP contribution in [-0.4, -0.2) is 32.1 Å². The molecule has 6 nitrogen and oxygen atoms in total. The van der Waals surface area contributed by atoms with Crippen molar-refractivity contribution in [3.8, 4) is 11.5 Å². The standard InChI is InChI=1S/C20H23ClN2O4/c1-5-27-18-9-7-6-8-17(18)23(14(3)24)12-20(25)22-16-10-13(2)15(21)11-19(16)26-4/h6-11H,5,12H2,1-4H3,(H,22,25). The van der Waals surface area contributed by atoms with E-state index in [0.717, 1.165) is 5.56 Å². The average Bonchev–Trinajstić information content (AvgIpc) is 2.63. The summed E-state index contributed by atoms with van der Waals surface area (Å²) < 4.78 is 10.8. The molecule has 0 aliphatic carbocycles. The highest BCUT2D eigenvalue weighted by molar-refractivity contribution is 6.31. The van der Waals surface area contributed by atoms with Crippen molar-refractivity contribution in [1.29, 1.82) is 0 Å². The summed E-state index contributed by atoms with van der Waals surface area (Å²) in [5.41, 5.74) is 1.84. The van der Waals surface area contributed by atoms with Crippen LogP contribution in [-0.2, 0) is 9.59 Å². The topological polar surface area (TPSA) is 67.9 Å². The van der Waals surface area contributed by atoms with Crippen LogP contribution >= 0.6 is 11.6 Å². The lowest BCUT2D eigenvalue weighted by molar-refractivity contribution is -0.120. The molecule has 2 aromatic rings. The van der Waals surface area contributed by atoms with Crippen molar-refractivity contribution >= 4 is 34.8 Å². The molecule has 0 spiro atoms. The van der Waals surface area contributed by atoms with E-state index in [2.05, 4.69) is 5.32 Å². The molecule has 0 aliphatic rings. The van der Waals surface area contributed by atoms with Gasteiger partial charge < -0.3 is 14.8 Å². The van der Waals surface area contributed by atoms with E-state index in [1.165, 1.54) is 18.9 Å². The largest absolute Gasteiger partial charge is 0.495 e. The molecule has 0 atom stereocenters. The van der Waals surface area contributed by atoms with E-state index in [-0.39, 0.29) is 18.4 Å². The maximum absolute atomic E-state index is 12.6. The van der Waals surface area contributed by atoms with E-state index >= 15 is 0 Å². The van der Waals surface area contributed by atoms with Crippen molar-refractivity contribution in [3.05, 3.63) is 47.0 Å². The second-order valence-electron chi connectivity index (χ2n) is 5.86. The highest BCUT2D eigenvalue weighted by Gasteiger charge is 2.20. The Labute approximate surface area is 164 Å². The van der Waals surface area contributed by atoms with Crippen molar-refractivity contribution in [2.75, 3.05) is 30.5 Å². The van der Waals surface area contributed by atoms with Gasteiger partial charge in [0.15, 0.2) is 0 Å². The second kappa shape index (κ2) is 9.28. The number of benzene rings is 2. The number of carbonyl (C=O) groups is 2.